The molecule has 0 aliphatic heterocycles. The molecule has 0 atom stereocenters. The van der Waals surface area contributed by atoms with Gasteiger partial charge in [0.05, 0.1) is 29.3 Å². The normalized spacial score (nSPS) is 9.83. The molecule has 0 saturated heterocycles. The third-order valence-corrected chi connectivity index (χ3v) is 3.71. The maximum Gasteiger partial charge on any atom is 0.338 e. The molecule has 3 N–H and O–H groups in total. The van der Waals surface area contributed by atoms with Gasteiger partial charge < -0.3 is 25.3 Å². The van der Waals surface area contributed by atoms with Crippen LogP contribution in [0.4, 0.5) is 5.69 Å². The average molecular weight is 418 g/mol. The van der Waals surface area contributed by atoms with Crippen molar-refractivity contribution >= 4 is 35.1 Å². The molecule has 29 heavy (non-hydrogen) atoms. The molecule has 0 unspecified atom stereocenters. The number of nitrogens with zero attached hydrogens (tertiary/aromatic N) is 1. The topological polar surface area (TPSA) is 141 Å². The molecule has 2 amide bonds. The molecule has 0 aliphatic carbocycles. The van der Waals surface area contributed by atoms with Gasteiger partial charge in [0.15, 0.2) is 24.7 Å². The molecule has 0 radical (unpaired) electrons. The molecule has 0 aromatic heterocycles. The summed E-state index contributed by atoms with van der Waals surface area (Å²) in [5.41, 5.74) is 5.80. The minimum absolute atomic E-state index is 0.00433. The van der Waals surface area contributed by atoms with Gasteiger partial charge in [-0.1, -0.05) is 17.7 Å². The second kappa shape index (κ2) is 9.96. The van der Waals surface area contributed by atoms with Crippen LogP contribution in [-0.4, -0.2) is 38.1 Å². The van der Waals surface area contributed by atoms with Crippen LogP contribution in [0.3, 0.4) is 0 Å². The lowest BCUT2D eigenvalue weighted by molar-refractivity contribution is -0.120. The van der Waals surface area contributed by atoms with Crippen LogP contribution in [0.2, 0.25) is 5.02 Å². The van der Waals surface area contributed by atoms with Crippen LogP contribution in [0.15, 0.2) is 36.4 Å². The molecule has 0 heterocycles. The van der Waals surface area contributed by atoms with Crippen molar-refractivity contribution in [2.75, 3.05) is 25.6 Å². The Morgan fingerprint density at radius 3 is 2.62 bits per heavy atom. The number of nitriles is 1. The summed E-state index contributed by atoms with van der Waals surface area (Å²) in [7, 11) is 1.32. The van der Waals surface area contributed by atoms with Gasteiger partial charge in [-0.2, -0.15) is 5.26 Å². The molecule has 9 nitrogen and oxygen atoms in total. The lowest BCUT2D eigenvalue weighted by Crippen LogP contribution is -2.21. The fourth-order valence-electron chi connectivity index (χ4n) is 2.20. The summed E-state index contributed by atoms with van der Waals surface area (Å²) < 4.78 is 15.2. The van der Waals surface area contributed by atoms with Crippen LogP contribution < -0.4 is 20.5 Å². The molecule has 0 saturated carbocycles. The molecule has 150 valence electrons. The Bertz CT molecular complexity index is 986. The molecule has 2 aromatic rings. The maximum absolute atomic E-state index is 12.2. The lowest BCUT2D eigenvalue weighted by atomic mass is 10.2. The van der Waals surface area contributed by atoms with E-state index in [0.717, 1.165) is 0 Å². The zero-order valence-electron chi connectivity index (χ0n) is 15.2. The molecule has 2 rings (SSSR count). The molecule has 0 fully saturated rings. The van der Waals surface area contributed by atoms with Crippen molar-refractivity contribution in [3.63, 3.8) is 0 Å². The molecule has 0 bridgehead atoms. The minimum Gasteiger partial charge on any atom is -0.493 e. The average Bonchev–Trinajstić information content (AvgIpc) is 2.70. The van der Waals surface area contributed by atoms with E-state index in [1.165, 1.54) is 25.3 Å². The zero-order valence-corrected chi connectivity index (χ0v) is 16.0. The van der Waals surface area contributed by atoms with Crippen molar-refractivity contribution in [3.05, 3.63) is 52.5 Å². The van der Waals surface area contributed by atoms with Gasteiger partial charge >= 0.3 is 5.97 Å². The van der Waals surface area contributed by atoms with Gasteiger partial charge in [0.1, 0.15) is 0 Å². The molecule has 2 aromatic carbocycles. The van der Waals surface area contributed by atoms with Gasteiger partial charge in [0.25, 0.3) is 11.8 Å². The first-order valence-electron chi connectivity index (χ1n) is 8.09. The maximum atomic E-state index is 12.2. The Hall–Kier alpha value is -3.77. The Morgan fingerprint density at radius 2 is 1.97 bits per heavy atom. The van der Waals surface area contributed by atoms with E-state index in [0.29, 0.717) is 11.3 Å². The van der Waals surface area contributed by atoms with Gasteiger partial charge in [0.2, 0.25) is 0 Å². The standard InChI is InChI=1S/C19H16ClN3O6/c1-27-15-7-12(6-14(20)18(15)28-9-16(22)24)19(26)29-10-17(25)23-13-4-2-3-11(5-13)8-21/h2-7H,9-10H2,1H3,(H2,22,24)(H,23,25). The second-order valence-corrected chi connectivity index (χ2v) is 5.97. The van der Waals surface area contributed by atoms with Gasteiger partial charge in [-0.05, 0) is 30.3 Å². The number of primary amides is 1. The fourth-order valence-corrected chi connectivity index (χ4v) is 2.46. The van der Waals surface area contributed by atoms with Crippen molar-refractivity contribution in [1.29, 1.82) is 5.26 Å². The van der Waals surface area contributed by atoms with Crippen molar-refractivity contribution in [3.8, 4) is 17.6 Å². The van der Waals surface area contributed by atoms with Crippen molar-refractivity contribution < 1.29 is 28.6 Å². The number of benzene rings is 2. The van der Waals surface area contributed by atoms with E-state index in [1.54, 1.807) is 18.2 Å². The van der Waals surface area contributed by atoms with Gasteiger partial charge in [-0.3, -0.25) is 9.59 Å². The van der Waals surface area contributed by atoms with E-state index in [-0.39, 0.29) is 22.1 Å². The van der Waals surface area contributed by atoms with Crippen LogP contribution >= 0.6 is 11.6 Å². The number of methoxy groups -OCH3 is 1. The number of ether oxygens (including phenoxy) is 3. The summed E-state index contributed by atoms with van der Waals surface area (Å²) in [4.78, 5) is 35.0. The first-order valence-corrected chi connectivity index (χ1v) is 8.47. The number of hydrogen-bond donors (Lipinski definition) is 2. The number of amides is 2. The summed E-state index contributed by atoms with van der Waals surface area (Å²) in [6.45, 7) is -0.984. The fraction of sp³-hybridized carbons (Fsp3) is 0.158. The Kier molecular flexibility index (Phi) is 7.40. The van der Waals surface area contributed by atoms with E-state index in [1.807, 2.05) is 6.07 Å². The van der Waals surface area contributed by atoms with Crippen LogP contribution in [0.5, 0.6) is 11.5 Å². The highest BCUT2D eigenvalue weighted by Gasteiger charge is 2.18. The van der Waals surface area contributed by atoms with Gasteiger partial charge in [-0.25, -0.2) is 4.79 Å². The molecular formula is C19H16ClN3O6. The highest BCUT2D eigenvalue weighted by Crippen LogP contribution is 2.36. The van der Waals surface area contributed by atoms with Crippen LogP contribution in [0.1, 0.15) is 15.9 Å². The second-order valence-electron chi connectivity index (χ2n) is 5.56. The highest BCUT2D eigenvalue weighted by molar-refractivity contribution is 6.32. The van der Waals surface area contributed by atoms with Crippen LogP contribution in [0.25, 0.3) is 0 Å². The number of rotatable bonds is 8. The summed E-state index contributed by atoms with van der Waals surface area (Å²) in [5, 5.41) is 11.4. The van der Waals surface area contributed by atoms with Crippen LogP contribution in [0, 0.1) is 11.3 Å². The zero-order chi connectivity index (χ0) is 21.4. The number of halogens is 1. The third kappa shape index (κ3) is 6.12. The Balaban J connectivity index is 2.02. The molecular weight excluding hydrogens is 402 g/mol. The number of hydrogen-bond acceptors (Lipinski definition) is 7. The van der Waals surface area contributed by atoms with E-state index in [9.17, 15) is 14.4 Å². The number of carbonyl (C=O) groups excluding carboxylic acids is 3. The van der Waals surface area contributed by atoms with Gasteiger partial charge in [0, 0.05) is 5.69 Å². The van der Waals surface area contributed by atoms with E-state index in [2.05, 4.69) is 5.32 Å². The SMILES string of the molecule is COc1cc(C(=O)OCC(=O)Nc2cccc(C#N)c2)cc(Cl)c1OCC(N)=O. The Morgan fingerprint density at radius 1 is 1.21 bits per heavy atom. The molecule has 10 heteroatoms. The van der Waals surface area contributed by atoms with Crippen molar-refractivity contribution in [1.82, 2.24) is 0 Å². The van der Waals surface area contributed by atoms with Crippen molar-refractivity contribution in [2.24, 2.45) is 5.73 Å². The quantitative estimate of drug-likeness (QED) is 0.624. The third-order valence-electron chi connectivity index (χ3n) is 3.43. The lowest BCUT2D eigenvalue weighted by Gasteiger charge is -2.13. The predicted octanol–water partition coefficient (Wildman–Crippen LogP) is 1.88. The summed E-state index contributed by atoms with van der Waals surface area (Å²) in [6, 6.07) is 10.8. The number of nitrogens with two attached hydrogens (primary N) is 1. The first kappa shape index (κ1) is 21.5. The highest BCUT2D eigenvalue weighted by atomic mass is 35.5. The first-order chi connectivity index (χ1) is 13.8. The van der Waals surface area contributed by atoms with Gasteiger partial charge in [-0.15, -0.1) is 0 Å². The summed E-state index contributed by atoms with van der Waals surface area (Å²) in [6.07, 6.45) is 0. The number of anilines is 1. The largest absolute Gasteiger partial charge is 0.493 e. The number of esters is 1. The van der Waals surface area contributed by atoms with Crippen LogP contribution in [-0.2, 0) is 14.3 Å². The molecule has 0 spiro atoms. The summed E-state index contributed by atoms with van der Waals surface area (Å²) in [5.74, 6) is -2.00. The summed E-state index contributed by atoms with van der Waals surface area (Å²) >= 11 is 6.07. The molecule has 0 aliphatic rings. The number of carbonyl (C=O) groups is 3. The van der Waals surface area contributed by atoms with Crippen molar-refractivity contribution in [2.45, 2.75) is 0 Å². The van der Waals surface area contributed by atoms with E-state index in [4.69, 9.17) is 36.8 Å². The van der Waals surface area contributed by atoms with E-state index < -0.39 is 31.0 Å². The Labute approximate surface area is 170 Å². The minimum atomic E-state index is -0.826. The monoisotopic (exact) mass is 417 g/mol. The smallest absolute Gasteiger partial charge is 0.338 e. The number of nitrogens with one attached hydrogen (secondary N) is 1. The van der Waals surface area contributed by atoms with E-state index >= 15 is 0 Å². The predicted molar refractivity (Wildman–Crippen MR) is 103 cm³/mol.